The molecular formula is C15H18N2OS. The fourth-order valence-electron chi connectivity index (χ4n) is 1.70. The van der Waals surface area contributed by atoms with Gasteiger partial charge >= 0.3 is 0 Å². The summed E-state index contributed by atoms with van der Waals surface area (Å²) >= 11 is 1.54. The van der Waals surface area contributed by atoms with Gasteiger partial charge in [0.1, 0.15) is 5.76 Å². The second-order valence-corrected chi connectivity index (χ2v) is 5.23. The number of hydrogen-bond donors (Lipinski definition) is 1. The normalized spacial score (nSPS) is 10.4. The molecule has 4 heteroatoms. The van der Waals surface area contributed by atoms with E-state index in [-0.39, 0.29) is 0 Å². The lowest BCUT2D eigenvalue weighted by Crippen LogP contribution is -1.88. The molecule has 0 saturated carbocycles. The number of aryl methyl sites for hydroxylation is 2. The fourth-order valence-corrected chi connectivity index (χ4v) is 2.29. The average Bonchev–Trinajstić information content (AvgIpc) is 2.84. The Balaban J connectivity index is 1.82. The summed E-state index contributed by atoms with van der Waals surface area (Å²) in [5.74, 6) is 1.55. The first-order valence-corrected chi connectivity index (χ1v) is 7.15. The van der Waals surface area contributed by atoms with Crippen molar-refractivity contribution in [3.63, 3.8) is 0 Å². The molecule has 1 aromatic carbocycles. The molecule has 0 spiro atoms. The van der Waals surface area contributed by atoms with Crippen LogP contribution in [0.25, 0.3) is 0 Å². The Kier molecular flexibility index (Phi) is 5.10. The molecule has 1 N–H and O–H groups in total. The molecule has 0 bridgehead atoms. The molecule has 1 heterocycles. The molecular weight excluding hydrogens is 256 g/mol. The molecule has 0 amide bonds. The van der Waals surface area contributed by atoms with Crippen molar-refractivity contribution in [3.8, 4) is 0 Å². The van der Waals surface area contributed by atoms with Crippen LogP contribution in [0.4, 0.5) is 5.82 Å². The minimum Gasteiger partial charge on any atom is -0.360 e. The van der Waals surface area contributed by atoms with E-state index in [0.717, 1.165) is 35.7 Å². The maximum absolute atomic E-state index is 4.99. The lowest BCUT2D eigenvalue weighted by Gasteiger charge is -2.03. The summed E-state index contributed by atoms with van der Waals surface area (Å²) in [6.07, 6.45) is 5.30. The number of unbranched alkanes of at least 4 members (excludes halogenated alkanes) is 1. The first kappa shape index (κ1) is 13.7. The van der Waals surface area contributed by atoms with Crippen LogP contribution >= 0.6 is 11.9 Å². The van der Waals surface area contributed by atoms with E-state index in [1.807, 2.05) is 19.1 Å². The van der Waals surface area contributed by atoms with Gasteiger partial charge in [0.25, 0.3) is 0 Å². The molecule has 0 radical (unpaired) electrons. The Morgan fingerprint density at radius 2 is 2.16 bits per heavy atom. The van der Waals surface area contributed by atoms with E-state index < -0.39 is 0 Å². The number of hydrogen-bond acceptors (Lipinski definition) is 4. The zero-order valence-electron chi connectivity index (χ0n) is 11.1. The van der Waals surface area contributed by atoms with Gasteiger partial charge < -0.3 is 9.25 Å². The van der Waals surface area contributed by atoms with Crippen LogP contribution in [-0.2, 0) is 6.42 Å². The average molecular weight is 274 g/mol. The van der Waals surface area contributed by atoms with Crippen molar-refractivity contribution < 1.29 is 4.52 Å². The van der Waals surface area contributed by atoms with Crippen LogP contribution in [0.5, 0.6) is 0 Å². The molecule has 0 aliphatic rings. The Hall–Kier alpha value is -1.68. The van der Waals surface area contributed by atoms with Crippen molar-refractivity contribution in [2.75, 3.05) is 4.72 Å². The van der Waals surface area contributed by atoms with Gasteiger partial charge in [0.05, 0.1) is 0 Å². The van der Waals surface area contributed by atoms with Crippen LogP contribution in [0.3, 0.4) is 0 Å². The topological polar surface area (TPSA) is 38.1 Å². The van der Waals surface area contributed by atoms with Crippen molar-refractivity contribution in [1.82, 2.24) is 5.16 Å². The monoisotopic (exact) mass is 274 g/mol. The summed E-state index contributed by atoms with van der Waals surface area (Å²) in [6.45, 7) is 5.61. The van der Waals surface area contributed by atoms with Crippen LogP contribution in [-0.4, -0.2) is 5.16 Å². The molecule has 100 valence electrons. The summed E-state index contributed by atoms with van der Waals surface area (Å²) in [6, 6.07) is 10.4. The van der Waals surface area contributed by atoms with E-state index in [1.165, 1.54) is 17.5 Å². The third-order valence-corrected chi connectivity index (χ3v) is 3.52. The Bertz CT molecular complexity index is 519. The highest BCUT2D eigenvalue weighted by Gasteiger charge is 2.00. The summed E-state index contributed by atoms with van der Waals surface area (Å²) in [4.78, 5) is 1.16. The fraction of sp³-hybridized carbons (Fsp3) is 0.267. The van der Waals surface area contributed by atoms with Crippen LogP contribution in [0.15, 0.2) is 52.4 Å². The number of rotatable bonds is 7. The largest absolute Gasteiger partial charge is 0.360 e. The number of anilines is 1. The van der Waals surface area contributed by atoms with Crippen molar-refractivity contribution in [2.24, 2.45) is 0 Å². The summed E-state index contributed by atoms with van der Waals surface area (Å²) in [7, 11) is 0. The number of nitrogens with one attached hydrogen (secondary N) is 1. The maximum Gasteiger partial charge on any atom is 0.179 e. The molecule has 0 aliphatic carbocycles. The van der Waals surface area contributed by atoms with Gasteiger partial charge in [0.15, 0.2) is 5.82 Å². The Morgan fingerprint density at radius 1 is 1.37 bits per heavy atom. The minimum atomic E-state index is 0.748. The molecule has 2 aromatic rings. The summed E-state index contributed by atoms with van der Waals surface area (Å²) in [5, 5.41) is 3.88. The number of benzene rings is 1. The van der Waals surface area contributed by atoms with Gasteiger partial charge in [-0.25, -0.2) is 0 Å². The summed E-state index contributed by atoms with van der Waals surface area (Å²) < 4.78 is 8.15. The zero-order chi connectivity index (χ0) is 13.5. The van der Waals surface area contributed by atoms with Crippen molar-refractivity contribution in [2.45, 2.75) is 31.1 Å². The van der Waals surface area contributed by atoms with Gasteiger partial charge in [-0.05, 0) is 55.8 Å². The van der Waals surface area contributed by atoms with E-state index in [1.54, 1.807) is 0 Å². The van der Waals surface area contributed by atoms with E-state index in [2.05, 4.69) is 40.7 Å². The lowest BCUT2D eigenvalue weighted by molar-refractivity contribution is 0.400. The van der Waals surface area contributed by atoms with E-state index in [9.17, 15) is 0 Å². The van der Waals surface area contributed by atoms with Gasteiger partial charge in [-0.2, -0.15) is 0 Å². The van der Waals surface area contributed by atoms with E-state index in [4.69, 9.17) is 4.52 Å². The molecule has 0 fully saturated rings. The predicted octanol–water partition coefficient (Wildman–Crippen LogP) is 4.61. The lowest BCUT2D eigenvalue weighted by atomic mass is 10.1. The molecule has 0 aliphatic heterocycles. The first-order chi connectivity index (χ1) is 9.28. The highest BCUT2D eigenvalue weighted by molar-refractivity contribution is 8.00. The standard InChI is InChI=1S/C15H18N2OS/c1-3-4-5-6-13-7-9-14(10-8-13)19-17-15-11-12(2)18-16-15/h3,7-11H,1,4-6H2,2H3,(H,16,17). The van der Waals surface area contributed by atoms with Gasteiger partial charge in [-0.3, -0.25) is 0 Å². The highest BCUT2D eigenvalue weighted by atomic mass is 32.2. The smallest absolute Gasteiger partial charge is 0.179 e. The van der Waals surface area contributed by atoms with Gasteiger partial charge in [0, 0.05) is 11.0 Å². The minimum absolute atomic E-state index is 0.748. The third kappa shape index (κ3) is 4.48. The maximum atomic E-state index is 4.99. The van der Waals surface area contributed by atoms with Crippen LogP contribution in [0.2, 0.25) is 0 Å². The highest BCUT2D eigenvalue weighted by Crippen LogP contribution is 2.21. The SMILES string of the molecule is C=CCCCc1ccc(SNc2cc(C)on2)cc1. The van der Waals surface area contributed by atoms with Gasteiger partial charge in [-0.1, -0.05) is 23.4 Å². The molecule has 0 saturated heterocycles. The van der Waals surface area contributed by atoms with E-state index in [0.29, 0.717) is 0 Å². The van der Waals surface area contributed by atoms with Crippen LogP contribution in [0.1, 0.15) is 24.2 Å². The molecule has 19 heavy (non-hydrogen) atoms. The van der Waals surface area contributed by atoms with Gasteiger partial charge in [-0.15, -0.1) is 6.58 Å². The molecule has 1 aromatic heterocycles. The summed E-state index contributed by atoms with van der Waals surface area (Å²) in [5.41, 5.74) is 1.36. The number of nitrogens with zero attached hydrogens (tertiary/aromatic N) is 1. The molecule has 0 atom stereocenters. The van der Waals surface area contributed by atoms with Crippen LogP contribution < -0.4 is 4.72 Å². The Morgan fingerprint density at radius 3 is 2.79 bits per heavy atom. The third-order valence-electron chi connectivity index (χ3n) is 2.70. The van der Waals surface area contributed by atoms with Crippen molar-refractivity contribution in [1.29, 1.82) is 0 Å². The first-order valence-electron chi connectivity index (χ1n) is 6.34. The molecule has 3 nitrogen and oxygen atoms in total. The van der Waals surface area contributed by atoms with Crippen molar-refractivity contribution in [3.05, 3.63) is 54.3 Å². The van der Waals surface area contributed by atoms with Crippen LogP contribution in [0, 0.1) is 6.92 Å². The number of allylic oxidation sites excluding steroid dienone is 1. The second kappa shape index (κ2) is 7.04. The number of aromatic nitrogens is 1. The van der Waals surface area contributed by atoms with Crippen molar-refractivity contribution >= 4 is 17.8 Å². The van der Waals surface area contributed by atoms with Gasteiger partial charge in [0.2, 0.25) is 0 Å². The Labute approximate surface area is 118 Å². The predicted molar refractivity (Wildman–Crippen MR) is 80.3 cm³/mol. The zero-order valence-corrected chi connectivity index (χ0v) is 11.9. The quantitative estimate of drug-likeness (QED) is 0.454. The molecule has 2 rings (SSSR count). The van der Waals surface area contributed by atoms with E-state index >= 15 is 0 Å². The second-order valence-electron chi connectivity index (χ2n) is 4.35. The molecule has 0 unspecified atom stereocenters.